The molecule has 14 heavy (non-hydrogen) atoms. The molecule has 2 nitrogen and oxygen atoms in total. The molecule has 74 valence electrons. The van der Waals surface area contributed by atoms with Crippen LogP contribution in [0.2, 0.25) is 0 Å². The quantitative estimate of drug-likeness (QED) is 0.584. The molecule has 3 heteroatoms. The zero-order valence-corrected chi connectivity index (χ0v) is 8.46. The first-order valence-electron chi connectivity index (χ1n) is 4.31. The van der Waals surface area contributed by atoms with Crippen molar-refractivity contribution >= 4 is 17.3 Å². The molecule has 0 aliphatic heterocycles. The highest BCUT2D eigenvalue weighted by Crippen LogP contribution is 2.09. The summed E-state index contributed by atoms with van der Waals surface area (Å²) in [7, 11) is 0. The van der Waals surface area contributed by atoms with E-state index in [1.807, 2.05) is 24.3 Å². The Morgan fingerprint density at radius 2 is 2.36 bits per heavy atom. The Morgan fingerprint density at radius 3 is 3.00 bits per heavy atom. The van der Waals surface area contributed by atoms with E-state index in [9.17, 15) is 5.11 Å². The highest BCUT2D eigenvalue weighted by atomic mass is 35.5. The maximum Gasteiger partial charge on any atom is 0.0847 e. The molecular formula is C11H12ClNO. The van der Waals surface area contributed by atoms with Gasteiger partial charge in [0.1, 0.15) is 0 Å². The van der Waals surface area contributed by atoms with Crippen molar-refractivity contribution in [1.29, 1.82) is 0 Å². The Bertz CT molecular complexity index is 332. The summed E-state index contributed by atoms with van der Waals surface area (Å²) < 4.78 is 0. The van der Waals surface area contributed by atoms with Crippen LogP contribution in [-0.2, 0) is 0 Å². The zero-order chi connectivity index (χ0) is 10.4. The minimum atomic E-state index is -0.536. The maximum atomic E-state index is 9.21. The van der Waals surface area contributed by atoms with Crippen LogP contribution >= 0.6 is 11.6 Å². The van der Waals surface area contributed by atoms with Crippen molar-refractivity contribution in [2.24, 2.45) is 0 Å². The van der Waals surface area contributed by atoms with Gasteiger partial charge in [-0.15, -0.1) is 18.0 Å². The van der Waals surface area contributed by atoms with Crippen LogP contribution in [0.3, 0.4) is 0 Å². The van der Waals surface area contributed by atoms with E-state index < -0.39 is 6.10 Å². The van der Waals surface area contributed by atoms with Gasteiger partial charge in [0.2, 0.25) is 0 Å². The number of rotatable bonds is 4. The molecule has 2 N–H and O–H groups in total. The molecule has 1 aromatic rings. The highest BCUT2D eigenvalue weighted by Gasteiger charge is 2.00. The molecule has 0 bridgehead atoms. The van der Waals surface area contributed by atoms with Gasteiger partial charge in [-0.2, -0.15) is 0 Å². The van der Waals surface area contributed by atoms with Crippen molar-refractivity contribution < 1.29 is 5.11 Å². The fourth-order valence-corrected chi connectivity index (χ4v) is 1.12. The molecule has 0 saturated heterocycles. The van der Waals surface area contributed by atoms with E-state index in [4.69, 9.17) is 18.0 Å². The van der Waals surface area contributed by atoms with Crippen LogP contribution < -0.4 is 5.32 Å². The van der Waals surface area contributed by atoms with Crippen LogP contribution in [0.25, 0.3) is 0 Å². The summed E-state index contributed by atoms with van der Waals surface area (Å²) in [4.78, 5) is 0. The van der Waals surface area contributed by atoms with E-state index in [0.717, 1.165) is 11.3 Å². The monoisotopic (exact) mass is 209 g/mol. The summed E-state index contributed by atoms with van der Waals surface area (Å²) in [5, 5.41) is 12.3. The molecule has 0 fully saturated rings. The number of anilines is 1. The Kier molecular flexibility index (Phi) is 4.31. The summed E-state index contributed by atoms with van der Waals surface area (Å²) in [6.07, 6.45) is 4.72. The van der Waals surface area contributed by atoms with E-state index in [1.54, 1.807) is 0 Å². The number of hydrogen-bond acceptors (Lipinski definition) is 2. The third-order valence-electron chi connectivity index (χ3n) is 1.75. The van der Waals surface area contributed by atoms with Gasteiger partial charge in [-0.05, 0) is 18.2 Å². The van der Waals surface area contributed by atoms with Crippen LogP contribution in [-0.4, -0.2) is 23.6 Å². The van der Waals surface area contributed by atoms with Gasteiger partial charge in [-0.25, -0.2) is 0 Å². The predicted molar refractivity (Wildman–Crippen MR) is 59.6 cm³/mol. The third kappa shape index (κ3) is 3.29. The highest BCUT2D eigenvalue weighted by molar-refractivity contribution is 6.18. The van der Waals surface area contributed by atoms with Crippen LogP contribution in [0.4, 0.5) is 5.69 Å². The van der Waals surface area contributed by atoms with Crippen LogP contribution in [0.15, 0.2) is 24.3 Å². The first-order chi connectivity index (χ1) is 6.76. The first kappa shape index (κ1) is 10.9. The van der Waals surface area contributed by atoms with Crippen molar-refractivity contribution in [1.82, 2.24) is 0 Å². The second kappa shape index (κ2) is 5.54. The molecular weight excluding hydrogens is 198 g/mol. The van der Waals surface area contributed by atoms with E-state index >= 15 is 0 Å². The standard InChI is InChI=1S/C11H12ClNO/c1-2-9-4-3-5-10(6-9)13-8-11(14)7-12/h1,3-6,11,13-14H,7-8H2. The minimum Gasteiger partial charge on any atom is -0.390 e. The SMILES string of the molecule is C#Cc1cccc(NCC(O)CCl)c1. The van der Waals surface area contributed by atoms with Gasteiger partial charge in [0, 0.05) is 17.8 Å². The van der Waals surface area contributed by atoms with Crippen LogP contribution in [0, 0.1) is 12.3 Å². The fraction of sp³-hybridized carbons (Fsp3) is 0.273. The molecule has 0 amide bonds. The van der Waals surface area contributed by atoms with Gasteiger partial charge in [0.05, 0.1) is 12.0 Å². The van der Waals surface area contributed by atoms with E-state index in [-0.39, 0.29) is 5.88 Å². The summed E-state index contributed by atoms with van der Waals surface area (Å²) in [5.74, 6) is 2.76. The molecule has 1 aromatic carbocycles. The molecule has 0 radical (unpaired) electrons. The number of halogens is 1. The summed E-state index contributed by atoms with van der Waals surface area (Å²) in [6.45, 7) is 0.428. The summed E-state index contributed by atoms with van der Waals surface area (Å²) >= 11 is 5.45. The zero-order valence-electron chi connectivity index (χ0n) is 7.70. The van der Waals surface area contributed by atoms with Crippen molar-refractivity contribution in [3.05, 3.63) is 29.8 Å². The molecule has 1 unspecified atom stereocenters. The van der Waals surface area contributed by atoms with Crippen molar-refractivity contribution in [3.8, 4) is 12.3 Å². The lowest BCUT2D eigenvalue weighted by atomic mass is 10.2. The molecule has 0 spiro atoms. The molecule has 1 rings (SSSR count). The second-order valence-corrected chi connectivity index (χ2v) is 3.22. The molecule has 0 heterocycles. The van der Waals surface area contributed by atoms with Gasteiger partial charge < -0.3 is 10.4 Å². The average molecular weight is 210 g/mol. The largest absolute Gasteiger partial charge is 0.390 e. The topological polar surface area (TPSA) is 32.3 Å². The van der Waals surface area contributed by atoms with Crippen LogP contribution in [0.5, 0.6) is 0 Å². The number of nitrogens with one attached hydrogen (secondary N) is 1. The number of aliphatic hydroxyl groups excluding tert-OH is 1. The van der Waals surface area contributed by atoms with Gasteiger partial charge in [-0.1, -0.05) is 12.0 Å². The van der Waals surface area contributed by atoms with Crippen molar-refractivity contribution in [2.75, 3.05) is 17.7 Å². The van der Waals surface area contributed by atoms with Gasteiger partial charge >= 0.3 is 0 Å². The smallest absolute Gasteiger partial charge is 0.0847 e. The summed E-state index contributed by atoms with van der Waals surface area (Å²) in [6, 6.07) is 7.45. The Morgan fingerprint density at radius 1 is 1.57 bits per heavy atom. The second-order valence-electron chi connectivity index (χ2n) is 2.91. The molecule has 0 saturated carbocycles. The van der Waals surface area contributed by atoms with Gasteiger partial charge in [-0.3, -0.25) is 0 Å². The number of terminal acetylenes is 1. The van der Waals surface area contributed by atoms with Crippen molar-refractivity contribution in [3.63, 3.8) is 0 Å². The molecule has 0 aromatic heterocycles. The molecule has 0 aliphatic carbocycles. The Labute approximate surface area is 88.9 Å². The number of benzene rings is 1. The van der Waals surface area contributed by atoms with Gasteiger partial charge in [0.25, 0.3) is 0 Å². The maximum absolute atomic E-state index is 9.21. The number of aliphatic hydroxyl groups is 1. The van der Waals surface area contributed by atoms with Gasteiger partial charge in [0.15, 0.2) is 0 Å². The minimum absolute atomic E-state index is 0.224. The Balaban J connectivity index is 2.55. The lowest BCUT2D eigenvalue weighted by Gasteiger charge is -2.09. The molecule has 0 aliphatic rings. The predicted octanol–water partition coefficient (Wildman–Crippen LogP) is 1.68. The first-order valence-corrected chi connectivity index (χ1v) is 4.84. The normalized spacial score (nSPS) is 11.8. The Hall–Kier alpha value is -1.17. The third-order valence-corrected chi connectivity index (χ3v) is 2.11. The number of hydrogen-bond donors (Lipinski definition) is 2. The molecule has 1 atom stereocenters. The van der Waals surface area contributed by atoms with Crippen molar-refractivity contribution in [2.45, 2.75) is 6.10 Å². The van der Waals surface area contributed by atoms with E-state index in [0.29, 0.717) is 6.54 Å². The fourth-order valence-electron chi connectivity index (χ4n) is 1.01. The van der Waals surface area contributed by atoms with Crippen LogP contribution in [0.1, 0.15) is 5.56 Å². The average Bonchev–Trinajstić information content (AvgIpc) is 2.26. The number of alkyl halides is 1. The van der Waals surface area contributed by atoms with E-state index in [1.165, 1.54) is 0 Å². The lowest BCUT2D eigenvalue weighted by molar-refractivity contribution is 0.211. The lowest BCUT2D eigenvalue weighted by Crippen LogP contribution is -2.20. The van der Waals surface area contributed by atoms with E-state index in [2.05, 4.69) is 11.2 Å². The summed E-state index contributed by atoms with van der Waals surface area (Å²) in [5.41, 5.74) is 1.71.